The summed E-state index contributed by atoms with van der Waals surface area (Å²) in [6.07, 6.45) is 6.93. The van der Waals surface area contributed by atoms with Crippen molar-refractivity contribution >= 4 is 42.4 Å². The molecule has 0 spiro atoms. The van der Waals surface area contributed by atoms with Gasteiger partial charge in [-0.25, -0.2) is 0 Å². The van der Waals surface area contributed by atoms with Gasteiger partial charge in [0, 0.05) is 0 Å². The molecule has 11 heavy (non-hydrogen) atoms. The van der Waals surface area contributed by atoms with Gasteiger partial charge in [-0.1, -0.05) is 0 Å². The van der Waals surface area contributed by atoms with Gasteiger partial charge in [0.05, 0.1) is 0 Å². The maximum Gasteiger partial charge on any atom is -0.00609 e. The summed E-state index contributed by atoms with van der Waals surface area (Å²) in [5, 5.41) is 0. The molecule has 0 heterocycles. The first-order chi connectivity index (χ1) is 5.41. The van der Waals surface area contributed by atoms with Crippen molar-refractivity contribution in [1.82, 2.24) is 0 Å². The van der Waals surface area contributed by atoms with Gasteiger partial charge in [-0.15, -0.1) is 17.2 Å². The highest BCUT2D eigenvalue weighted by atomic mass is 32.1. The van der Waals surface area contributed by atoms with Crippen LogP contribution in [0.25, 0.3) is 0 Å². The summed E-state index contributed by atoms with van der Waals surface area (Å²) in [6.45, 7) is 0. The van der Waals surface area contributed by atoms with E-state index in [1.54, 1.807) is 0 Å². The first kappa shape index (κ1) is 12.6. The van der Waals surface area contributed by atoms with Crippen LogP contribution in [0.5, 0.6) is 0 Å². The third kappa shape index (κ3) is 11.6. The first-order valence-electron chi connectivity index (χ1n) is 4.05. The van der Waals surface area contributed by atoms with E-state index in [9.17, 15) is 0 Å². The summed E-state index contributed by atoms with van der Waals surface area (Å²) in [7, 11) is 2.31. The fraction of sp³-hybridized carbons (Fsp3) is 1.00. The summed E-state index contributed by atoms with van der Waals surface area (Å²) < 4.78 is 0. The van der Waals surface area contributed by atoms with E-state index in [0.29, 0.717) is 0 Å². The molecule has 0 aromatic carbocycles. The van der Waals surface area contributed by atoms with Gasteiger partial charge in [-0.05, 0) is 42.6 Å². The van der Waals surface area contributed by atoms with Crippen molar-refractivity contribution in [2.24, 2.45) is 0 Å². The molecule has 68 valence electrons. The second-order valence-corrected chi connectivity index (χ2v) is 6.20. The van der Waals surface area contributed by atoms with Crippen LogP contribution in [0.3, 0.4) is 0 Å². The van der Waals surface area contributed by atoms with Crippen LogP contribution in [0, 0.1) is 0 Å². The zero-order valence-corrected chi connectivity index (χ0v) is 10.6. The molecule has 2 unspecified atom stereocenters. The maximum absolute atomic E-state index is 4.18. The minimum atomic E-state index is 1.07. The van der Waals surface area contributed by atoms with Gasteiger partial charge in [0.25, 0.3) is 0 Å². The van der Waals surface area contributed by atoms with Gasteiger partial charge < -0.3 is 0 Å². The standard InChI is InChI=1S/C7H18P2S2/c10-6-4-8-2-1-3-9-5-7-11/h8-11H,1-7H2. The Morgan fingerprint density at radius 3 is 1.55 bits per heavy atom. The van der Waals surface area contributed by atoms with E-state index in [1.807, 2.05) is 0 Å². The molecule has 0 aliphatic heterocycles. The molecule has 2 atom stereocenters. The van der Waals surface area contributed by atoms with Crippen molar-refractivity contribution in [2.45, 2.75) is 6.42 Å². The average molecular weight is 228 g/mol. The van der Waals surface area contributed by atoms with Gasteiger partial charge in [-0.2, -0.15) is 25.3 Å². The molecule has 0 fully saturated rings. The second-order valence-electron chi connectivity index (χ2n) is 2.30. The highest BCUT2D eigenvalue weighted by Gasteiger charge is 1.88. The van der Waals surface area contributed by atoms with Crippen molar-refractivity contribution < 1.29 is 0 Å². The Morgan fingerprint density at radius 1 is 0.727 bits per heavy atom. The summed E-state index contributed by atoms with van der Waals surface area (Å²) in [5.41, 5.74) is 0. The average Bonchev–Trinajstić information content (AvgIpc) is 2.03. The Labute approximate surface area is 85.1 Å². The zero-order valence-electron chi connectivity index (χ0n) is 6.84. The molecule has 0 aromatic heterocycles. The number of hydrogen-bond acceptors (Lipinski definition) is 2. The molecule has 0 aliphatic carbocycles. The van der Waals surface area contributed by atoms with E-state index >= 15 is 0 Å². The summed E-state index contributed by atoms with van der Waals surface area (Å²) in [5.74, 6) is 2.13. The van der Waals surface area contributed by atoms with Crippen LogP contribution < -0.4 is 0 Å². The van der Waals surface area contributed by atoms with E-state index in [-0.39, 0.29) is 0 Å². The van der Waals surface area contributed by atoms with Crippen molar-refractivity contribution in [3.8, 4) is 0 Å². The molecule has 0 radical (unpaired) electrons. The van der Waals surface area contributed by atoms with Crippen LogP contribution in [0.15, 0.2) is 0 Å². The molecule has 0 bridgehead atoms. The molecule has 4 heteroatoms. The van der Waals surface area contributed by atoms with Crippen LogP contribution >= 0.6 is 42.4 Å². The highest BCUT2D eigenvalue weighted by molar-refractivity contribution is 7.80. The molecule has 0 rings (SSSR count). The topological polar surface area (TPSA) is 0 Å². The predicted molar refractivity (Wildman–Crippen MR) is 68.4 cm³/mol. The number of thiol groups is 2. The quantitative estimate of drug-likeness (QED) is 0.356. The Kier molecular flexibility index (Phi) is 13.2. The maximum atomic E-state index is 4.18. The first-order valence-corrected chi connectivity index (χ1v) is 8.14. The van der Waals surface area contributed by atoms with E-state index < -0.39 is 0 Å². The lowest BCUT2D eigenvalue weighted by atomic mass is 10.6. The zero-order chi connectivity index (χ0) is 8.36. The number of hydrogen-bond donors (Lipinski definition) is 2. The van der Waals surface area contributed by atoms with E-state index in [1.165, 1.54) is 31.1 Å². The molecule has 0 N–H and O–H groups in total. The van der Waals surface area contributed by atoms with Crippen molar-refractivity contribution in [1.29, 1.82) is 0 Å². The Balaban J connectivity index is 2.69. The van der Waals surface area contributed by atoms with E-state index in [0.717, 1.165) is 28.7 Å². The lowest BCUT2D eigenvalue weighted by Crippen LogP contribution is -1.85. The van der Waals surface area contributed by atoms with Crippen LogP contribution in [-0.2, 0) is 0 Å². The van der Waals surface area contributed by atoms with Gasteiger partial charge >= 0.3 is 0 Å². The lowest BCUT2D eigenvalue weighted by Gasteiger charge is -1.99. The summed E-state index contributed by atoms with van der Waals surface area (Å²) in [6, 6.07) is 0. The smallest absolute Gasteiger partial charge is 0.00609 e. The highest BCUT2D eigenvalue weighted by Crippen LogP contribution is 2.16. The minimum absolute atomic E-state index is 1.07. The molecular weight excluding hydrogens is 210 g/mol. The lowest BCUT2D eigenvalue weighted by molar-refractivity contribution is 1.11. The SMILES string of the molecule is SCCPCCCPCCS. The predicted octanol–water partition coefficient (Wildman–Crippen LogP) is 2.59. The monoisotopic (exact) mass is 228 g/mol. The number of rotatable bonds is 8. The molecule has 0 amide bonds. The normalized spacial score (nSPS) is 12.5. The fourth-order valence-electron chi connectivity index (χ4n) is 0.747. The van der Waals surface area contributed by atoms with Crippen LogP contribution in [0.1, 0.15) is 6.42 Å². The van der Waals surface area contributed by atoms with Crippen LogP contribution in [0.4, 0.5) is 0 Å². The Bertz CT molecular complexity index is 63.5. The van der Waals surface area contributed by atoms with Crippen molar-refractivity contribution in [3.05, 3.63) is 0 Å². The second kappa shape index (κ2) is 11.6. The molecule has 0 aliphatic rings. The molecular formula is C7H18P2S2. The summed E-state index contributed by atoms with van der Waals surface area (Å²) >= 11 is 8.36. The Hall–Kier alpha value is 1.56. The largest absolute Gasteiger partial charge is 0.179 e. The summed E-state index contributed by atoms with van der Waals surface area (Å²) in [4.78, 5) is 0. The van der Waals surface area contributed by atoms with Crippen molar-refractivity contribution in [3.63, 3.8) is 0 Å². The third-order valence-corrected chi connectivity index (χ3v) is 5.19. The molecule has 0 aromatic rings. The van der Waals surface area contributed by atoms with Gasteiger partial charge in [0.2, 0.25) is 0 Å². The van der Waals surface area contributed by atoms with Gasteiger partial charge in [-0.3, -0.25) is 0 Å². The van der Waals surface area contributed by atoms with Gasteiger partial charge in [0.15, 0.2) is 0 Å². The molecule has 0 nitrogen and oxygen atoms in total. The third-order valence-electron chi connectivity index (χ3n) is 1.28. The molecule has 0 saturated heterocycles. The van der Waals surface area contributed by atoms with Crippen LogP contribution in [0.2, 0.25) is 0 Å². The van der Waals surface area contributed by atoms with Gasteiger partial charge in [0.1, 0.15) is 0 Å². The fourth-order valence-corrected chi connectivity index (χ4v) is 3.72. The van der Waals surface area contributed by atoms with E-state index in [2.05, 4.69) is 25.3 Å². The van der Waals surface area contributed by atoms with Crippen molar-refractivity contribution in [2.75, 3.05) is 36.2 Å². The minimum Gasteiger partial charge on any atom is -0.179 e. The Morgan fingerprint density at radius 2 is 1.18 bits per heavy atom. The van der Waals surface area contributed by atoms with Crippen LogP contribution in [-0.4, -0.2) is 36.2 Å². The molecule has 0 saturated carbocycles. The van der Waals surface area contributed by atoms with E-state index in [4.69, 9.17) is 0 Å².